The van der Waals surface area contributed by atoms with Crippen LogP contribution in [0.4, 0.5) is 11.4 Å². The molecule has 0 aliphatic carbocycles. The van der Waals surface area contributed by atoms with E-state index in [9.17, 15) is 0 Å². The van der Waals surface area contributed by atoms with Gasteiger partial charge in [-0.15, -0.1) is 0 Å². The van der Waals surface area contributed by atoms with Gasteiger partial charge in [-0.25, -0.2) is 9.98 Å². The number of hydrogen-bond acceptors (Lipinski definition) is 4. The van der Waals surface area contributed by atoms with Crippen molar-refractivity contribution in [2.45, 2.75) is 0 Å². The molecule has 4 aromatic rings. The van der Waals surface area contributed by atoms with E-state index in [1.165, 1.54) is 0 Å². The molecule has 0 amide bonds. The number of benzene rings is 4. The van der Waals surface area contributed by atoms with Crippen molar-refractivity contribution in [1.82, 2.24) is 0 Å². The summed E-state index contributed by atoms with van der Waals surface area (Å²) in [7, 11) is 0. The molecule has 2 aliphatic heterocycles. The van der Waals surface area contributed by atoms with Gasteiger partial charge in [0.05, 0.1) is 0 Å². The van der Waals surface area contributed by atoms with Gasteiger partial charge >= 0.3 is 0 Å². The first-order valence-corrected chi connectivity index (χ1v) is 8.44. The van der Waals surface area contributed by atoms with Crippen LogP contribution in [0.25, 0.3) is 10.8 Å². The van der Waals surface area contributed by atoms with Gasteiger partial charge in [-0.2, -0.15) is 0 Å². The van der Waals surface area contributed by atoms with Gasteiger partial charge in [-0.1, -0.05) is 48.5 Å². The summed E-state index contributed by atoms with van der Waals surface area (Å²) >= 11 is 0. The van der Waals surface area contributed by atoms with Crippen LogP contribution in [0.3, 0.4) is 0 Å². The Balaban J connectivity index is 1.81. The molecule has 2 aliphatic rings. The molecule has 0 spiro atoms. The smallest absolute Gasteiger partial charge is 0.198 e. The van der Waals surface area contributed by atoms with Crippen LogP contribution in [0, 0.1) is 0 Å². The number of fused-ring (bicyclic) bond motifs is 8. The van der Waals surface area contributed by atoms with E-state index in [2.05, 4.69) is 0 Å². The fraction of sp³-hybridized carbons (Fsp3) is 0. The minimum absolute atomic E-state index is 0.621. The van der Waals surface area contributed by atoms with E-state index in [-0.39, 0.29) is 0 Å². The van der Waals surface area contributed by atoms with E-state index in [0.29, 0.717) is 11.5 Å². The van der Waals surface area contributed by atoms with Crippen molar-refractivity contribution in [1.29, 1.82) is 0 Å². The average molecular weight is 336 g/mol. The molecule has 0 aromatic heterocycles. The highest BCUT2D eigenvalue weighted by Gasteiger charge is 2.25. The maximum Gasteiger partial charge on any atom is 0.198 e. The first-order chi connectivity index (χ1) is 12.9. The number of hydrogen-bond donors (Lipinski definition) is 0. The summed E-state index contributed by atoms with van der Waals surface area (Å²) in [5.74, 6) is 2.69. The minimum Gasteiger partial charge on any atom is -0.449 e. The van der Waals surface area contributed by atoms with Gasteiger partial charge in [0, 0.05) is 10.8 Å². The Kier molecular flexibility index (Phi) is 2.58. The van der Waals surface area contributed by atoms with Crippen molar-refractivity contribution in [3.05, 3.63) is 83.5 Å². The van der Waals surface area contributed by atoms with Gasteiger partial charge in [-0.05, 0) is 24.3 Å². The monoisotopic (exact) mass is 336 g/mol. The van der Waals surface area contributed by atoms with Gasteiger partial charge in [0.15, 0.2) is 23.0 Å². The average Bonchev–Trinajstić information content (AvgIpc) is 2.71. The van der Waals surface area contributed by atoms with E-state index in [1.807, 2.05) is 72.8 Å². The third-order valence-corrected chi connectivity index (χ3v) is 4.69. The highest BCUT2D eigenvalue weighted by molar-refractivity contribution is 5.87. The minimum atomic E-state index is 0.621. The quantitative estimate of drug-likeness (QED) is 0.394. The Morgan fingerprint density at radius 2 is 0.923 bits per heavy atom. The molecule has 0 saturated carbocycles. The summed E-state index contributed by atoms with van der Waals surface area (Å²) in [6.45, 7) is 0. The summed E-state index contributed by atoms with van der Waals surface area (Å²) in [5.41, 5.74) is 1.64. The van der Waals surface area contributed by atoms with Crippen LogP contribution in [0.5, 0.6) is 23.0 Å². The molecule has 6 rings (SSSR count). The second-order valence-corrected chi connectivity index (χ2v) is 6.26. The Hall–Kier alpha value is -3.66. The van der Waals surface area contributed by atoms with E-state index in [4.69, 9.17) is 19.5 Å². The molecule has 2 heterocycles. The zero-order chi connectivity index (χ0) is 17.1. The van der Waals surface area contributed by atoms with Gasteiger partial charge in [0.25, 0.3) is 0 Å². The van der Waals surface area contributed by atoms with E-state index in [1.54, 1.807) is 0 Å². The molecule has 0 saturated heterocycles. The zero-order valence-electron chi connectivity index (χ0n) is 13.6. The predicted molar refractivity (Wildman–Crippen MR) is 98.6 cm³/mol. The number of ether oxygens (including phenoxy) is 2. The lowest BCUT2D eigenvalue weighted by Crippen LogP contribution is -2.21. The predicted octanol–water partition coefficient (Wildman–Crippen LogP) is 4.95. The van der Waals surface area contributed by atoms with Crippen LogP contribution in [0.1, 0.15) is 0 Å². The second-order valence-electron chi connectivity index (χ2n) is 6.26. The van der Waals surface area contributed by atoms with Crippen molar-refractivity contribution in [2.24, 2.45) is 9.98 Å². The largest absolute Gasteiger partial charge is 0.449 e. The number of para-hydroxylation sites is 4. The molecule has 0 unspecified atom stereocenters. The fourth-order valence-corrected chi connectivity index (χ4v) is 3.50. The standard InChI is InChI=1S/C22H12N2O2/c1-2-8-14-13(7-1)19-21(25-17-11-5-3-9-15(17)23-19)22-20(14)24-16-10-4-6-12-18(16)26-22/h1-12H. The lowest BCUT2D eigenvalue weighted by atomic mass is 10.1. The molecule has 0 radical (unpaired) electrons. The van der Waals surface area contributed by atoms with Crippen molar-refractivity contribution >= 4 is 22.1 Å². The van der Waals surface area contributed by atoms with Gasteiger partial charge in [-0.3, -0.25) is 0 Å². The van der Waals surface area contributed by atoms with Crippen LogP contribution in [0.15, 0.2) is 82.8 Å². The fourth-order valence-electron chi connectivity index (χ4n) is 3.50. The molecule has 4 nitrogen and oxygen atoms in total. The summed E-state index contributed by atoms with van der Waals surface area (Å²) in [6, 6.07) is 23.6. The molecule has 4 aromatic carbocycles. The Morgan fingerprint density at radius 3 is 1.42 bits per heavy atom. The third kappa shape index (κ3) is 1.78. The first kappa shape index (κ1) is 13.6. The maximum absolute atomic E-state index is 6.22. The highest BCUT2D eigenvalue weighted by atomic mass is 16.5. The first-order valence-electron chi connectivity index (χ1n) is 8.44. The molecule has 0 fully saturated rings. The van der Waals surface area contributed by atoms with Crippen LogP contribution in [0.2, 0.25) is 0 Å². The van der Waals surface area contributed by atoms with Crippen LogP contribution in [-0.2, 0) is 0 Å². The normalized spacial score (nSPS) is 13.1. The Bertz CT molecular complexity index is 1240. The highest BCUT2D eigenvalue weighted by Crippen LogP contribution is 2.42. The summed E-state index contributed by atoms with van der Waals surface area (Å²) in [5, 5.41) is 3.57. The maximum atomic E-state index is 6.22. The van der Waals surface area contributed by atoms with E-state index >= 15 is 0 Å². The molecule has 26 heavy (non-hydrogen) atoms. The molecule has 122 valence electrons. The molecular formula is C22H12N2O2. The van der Waals surface area contributed by atoms with Crippen molar-refractivity contribution in [3.63, 3.8) is 0 Å². The second kappa shape index (κ2) is 4.92. The summed E-state index contributed by atoms with van der Waals surface area (Å²) < 4.78 is 12.4. The Labute approximate surface area is 148 Å². The lowest BCUT2D eigenvalue weighted by molar-refractivity contribution is 0.405. The lowest BCUT2D eigenvalue weighted by Gasteiger charge is -2.21. The van der Waals surface area contributed by atoms with Crippen molar-refractivity contribution < 1.29 is 9.47 Å². The number of nitrogens with zero attached hydrogens (tertiary/aromatic N) is 2. The number of rotatable bonds is 0. The van der Waals surface area contributed by atoms with Gasteiger partial charge in [0.1, 0.15) is 22.1 Å². The van der Waals surface area contributed by atoms with Gasteiger partial charge in [0.2, 0.25) is 0 Å². The van der Waals surface area contributed by atoms with E-state index < -0.39 is 0 Å². The molecular weight excluding hydrogens is 324 g/mol. The van der Waals surface area contributed by atoms with Crippen LogP contribution < -0.4 is 20.2 Å². The molecule has 0 atom stereocenters. The Morgan fingerprint density at radius 1 is 0.500 bits per heavy atom. The summed E-state index contributed by atoms with van der Waals surface area (Å²) in [6.07, 6.45) is 0. The molecule has 0 bridgehead atoms. The van der Waals surface area contributed by atoms with Crippen LogP contribution in [-0.4, -0.2) is 0 Å². The van der Waals surface area contributed by atoms with Crippen molar-refractivity contribution in [3.8, 4) is 23.0 Å². The van der Waals surface area contributed by atoms with Crippen LogP contribution >= 0.6 is 0 Å². The SMILES string of the molecule is c1ccc2c(c1)N=c1c(c3c(c4ccccc14)=Nc1ccccc1O3)O2. The zero-order valence-corrected chi connectivity index (χ0v) is 13.6. The van der Waals surface area contributed by atoms with Gasteiger partial charge < -0.3 is 9.47 Å². The molecule has 4 heteroatoms. The topological polar surface area (TPSA) is 43.2 Å². The molecule has 0 N–H and O–H groups in total. The van der Waals surface area contributed by atoms with E-state index in [0.717, 1.165) is 44.4 Å². The van der Waals surface area contributed by atoms with Crippen molar-refractivity contribution in [2.75, 3.05) is 0 Å². The summed E-state index contributed by atoms with van der Waals surface area (Å²) in [4.78, 5) is 9.71. The third-order valence-electron chi connectivity index (χ3n) is 4.69.